The molecule has 0 saturated heterocycles. The maximum Gasteiger partial charge on any atom is 0.323 e. The fourth-order valence-electron chi connectivity index (χ4n) is 1.74. The van der Waals surface area contributed by atoms with Crippen molar-refractivity contribution >= 4 is 44.7 Å². The minimum absolute atomic E-state index is 0.220. The molecule has 0 aromatic heterocycles. The van der Waals surface area contributed by atoms with Crippen molar-refractivity contribution in [2.45, 2.75) is 0 Å². The second kappa shape index (κ2) is 6.84. The number of halogens is 2. The Bertz CT molecular complexity index is 843. The van der Waals surface area contributed by atoms with E-state index in [2.05, 4.69) is 10.6 Å². The maximum atomic E-state index is 13.6. The second-order valence-electron chi connectivity index (χ2n) is 4.66. The highest BCUT2D eigenvalue weighted by molar-refractivity contribution is 7.92. The number of sulfonamides is 1. The van der Waals surface area contributed by atoms with Gasteiger partial charge in [-0.1, -0.05) is 17.7 Å². The van der Waals surface area contributed by atoms with Crippen LogP contribution in [0, 0.1) is 5.82 Å². The van der Waals surface area contributed by atoms with Crippen molar-refractivity contribution in [3.63, 3.8) is 0 Å². The quantitative estimate of drug-likeness (QED) is 0.782. The van der Waals surface area contributed by atoms with E-state index in [1.165, 1.54) is 12.1 Å². The van der Waals surface area contributed by atoms with Crippen LogP contribution in [0.3, 0.4) is 0 Å². The summed E-state index contributed by atoms with van der Waals surface area (Å²) in [6, 6.07) is 9.48. The zero-order valence-electron chi connectivity index (χ0n) is 11.9. The Labute approximate surface area is 137 Å². The molecule has 0 radical (unpaired) electrons. The summed E-state index contributed by atoms with van der Waals surface area (Å²) in [6.07, 6.45) is 0.901. The van der Waals surface area contributed by atoms with Crippen molar-refractivity contribution in [3.05, 3.63) is 53.3 Å². The summed E-state index contributed by atoms with van der Waals surface area (Å²) < 4.78 is 37.9. The summed E-state index contributed by atoms with van der Waals surface area (Å²) in [5, 5.41) is 5.48. The lowest BCUT2D eigenvalue weighted by atomic mass is 10.2. The van der Waals surface area contributed by atoms with Crippen molar-refractivity contribution < 1.29 is 17.6 Å². The first-order valence-electron chi connectivity index (χ1n) is 6.34. The van der Waals surface area contributed by atoms with Gasteiger partial charge in [-0.25, -0.2) is 17.6 Å². The number of benzene rings is 2. The fraction of sp³-hybridized carbons (Fsp3) is 0.0714. The van der Waals surface area contributed by atoms with E-state index in [-0.39, 0.29) is 11.4 Å². The minimum Gasteiger partial charge on any atom is -0.308 e. The van der Waals surface area contributed by atoms with E-state index in [0.717, 1.165) is 12.3 Å². The number of rotatable bonds is 4. The van der Waals surface area contributed by atoms with E-state index in [1.54, 1.807) is 24.3 Å². The van der Waals surface area contributed by atoms with Gasteiger partial charge in [-0.3, -0.25) is 4.72 Å². The standard InChI is InChI=1S/C14H13ClFN3O3S/c1-23(21,22)19-13-8-11(5-6-12(13)16)18-14(20)17-10-4-2-3-9(15)7-10/h2-8,19H,1H3,(H2,17,18,20). The van der Waals surface area contributed by atoms with Gasteiger partial charge >= 0.3 is 6.03 Å². The highest BCUT2D eigenvalue weighted by Crippen LogP contribution is 2.21. The van der Waals surface area contributed by atoms with Crippen LogP contribution in [0.15, 0.2) is 42.5 Å². The van der Waals surface area contributed by atoms with Crippen LogP contribution in [0.4, 0.5) is 26.2 Å². The molecule has 0 spiro atoms. The van der Waals surface area contributed by atoms with E-state index in [4.69, 9.17) is 11.6 Å². The Hall–Kier alpha value is -2.32. The van der Waals surface area contributed by atoms with Crippen LogP contribution in [-0.2, 0) is 10.0 Å². The number of amides is 2. The van der Waals surface area contributed by atoms with Gasteiger partial charge in [0, 0.05) is 16.4 Å². The van der Waals surface area contributed by atoms with Gasteiger partial charge in [0.15, 0.2) is 0 Å². The van der Waals surface area contributed by atoms with Gasteiger partial charge in [0.2, 0.25) is 10.0 Å². The minimum atomic E-state index is -3.63. The number of hydrogen-bond acceptors (Lipinski definition) is 3. The molecular weight excluding hydrogens is 345 g/mol. The molecule has 0 atom stereocenters. The summed E-state index contributed by atoms with van der Waals surface area (Å²) in [5.41, 5.74) is 0.441. The number of carbonyl (C=O) groups is 1. The van der Waals surface area contributed by atoms with Crippen LogP contribution in [0.1, 0.15) is 0 Å². The molecule has 2 rings (SSSR count). The largest absolute Gasteiger partial charge is 0.323 e. The molecule has 6 nitrogen and oxygen atoms in total. The topological polar surface area (TPSA) is 87.3 Å². The van der Waals surface area contributed by atoms with Gasteiger partial charge < -0.3 is 10.6 Å². The van der Waals surface area contributed by atoms with E-state index in [9.17, 15) is 17.6 Å². The average molecular weight is 358 g/mol. The summed E-state index contributed by atoms with van der Waals surface area (Å²) >= 11 is 5.81. The Balaban J connectivity index is 2.10. The molecule has 0 saturated carbocycles. The Morgan fingerprint density at radius 2 is 1.74 bits per heavy atom. The highest BCUT2D eigenvalue weighted by Gasteiger charge is 2.10. The third kappa shape index (κ3) is 5.42. The molecule has 3 N–H and O–H groups in total. The first kappa shape index (κ1) is 17.0. The molecule has 0 aliphatic carbocycles. The van der Waals surface area contributed by atoms with Crippen LogP contribution in [0.5, 0.6) is 0 Å². The molecule has 0 aliphatic rings. The predicted octanol–water partition coefficient (Wildman–Crippen LogP) is 3.49. The van der Waals surface area contributed by atoms with E-state index in [0.29, 0.717) is 10.7 Å². The monoisotopic (exact) mass is 357 g/mol. The summed E-state index contributed by atoms with van der Waals surface area (Å²) in [5.74, 6) is -0.753. The van der Waals surface area contributed by atoms with Crippen molar-refractivity contribution in [1.29, 1.82) is 0 Å². The van der Waals surface area contributed by atoms with Crippen LogP contribution in [0.25, 0.3) is 0 Å². The van der Waals surface area contributed by atoms with Gasteiger partial charge in [0.25, 0.3) is 0 Å². The normalized spacial score (nSPS) is 10.9. The third-order valence-electron chi connectivity index (χ3n) is 2.60. The van der Waals surface area contributed by atoms with E-state index in [1.807, 2.05) is 4.72 Å². The Morgan fingerprint density at radius 3 is 2.35 bits per heavy atom. The highest BCUT2D eigenvalue weighted by atomic mass is 35.5. The zero-order valence-corrected chi connectivity index (χ0v) is 13.5. The Kier molecular flexibility index (Phi) is 5.07. The summed E-state index contributed by atoms with van der Waals surface area (Å²) in [6.45, 7) is 0. The molecule has 23 heavy (non-hydrogen) atoms. The predicted molar refractivity (Wildman–Crippen MR) is 89.0 cm³/mol. The average Bonchev–Trinajstić information content (AvgIpc) is 2.41. The number of hydrogen-bond donors (Lipinski definition) is 3. The first-order valence-corrected chi connectivity index (χ1v) is 8.61. The summed E-state index contributed by atoms with van der Waals surface area (Å²) in [7, 11) is -3.63. The van der Waals surface area contributed by atoms with Crippen molar-refractivity contribution in [2.75, 3.05) is 21.6 Å². The molecule has 0 bridgehead atoms. The summed E-state index contributed by atoms with van der Waals surface area (Å²) in [4.78, 5) is 11.9. The molecule has 0 aliphatic heterocycles. The zero-order chi connectivity index (χ0) is 17.0. The first-order chi connectivity index (χ1) is 10.7. The lowest BCUT2D eigenvalue weighted by molar-refractivity contribution is 0.262. The van der Waals surface area contributed by atoms with Gasteiger partial charge in [-0.2, -0.15) is 0 Å². The molecule has 9 heteroatoms. The number of carbonyl (C=O) groups excluding carboxylic acids is 1. The lowest BCUT2D eigenvalue weighted by Gasteiger charge is -2.10. The number of nitrogens with one attached hydrogen (secondary N) is 3. The molecule has 2 amide bonds. The van der Waals surface area contributed by atoms with Gasteiger partial charge in [0.1, 0.15) is 5.82 Å². The molecule has 122 valence electrons. The van der Waals surface area contributed by atoms with Crippen molar-refractivity contribution in [2.24, 2.45) is 0 Å². The third-order valence-corrected chi connectivity index (χ3v) is 3.43. The van der Waals surface area contributed by atoms with Gasteiger partial charge in [-0.15, -0.1) is 0 Å². The molecule has 2 aromatic rings. The lowest BCUT2D eigenvalue weighted by Crippen LogP contribution is -2.19. The SMILES string of the molecule is CS(=O)(=O)Nc1cc(NC(=O)Nc2cccc(Cl)c2)ccc1F. The molecule has 0 heterocycles. The fourth-order valence-corrected chi connectivity index (χ4v) is 2.49. The maximum absolute atomic E-state index is 13.6. The smallest absolute Gasteiger partial charge is 0.308 e. The molecular formula is C14H13ClFN3O3S. The molecule has 0 fully saturated rings. The molecule has 0 unspecified atom stereocenters. The van der Waals surface area contributed by atoms with Crippen LogP contribution < -0.4 is 15.4 Å². The number of urea groups is 1. The number of anilines is 3. The van der Waals surface area contributed by atoms with Crippen molar-refractivity contribution in [3.8, 4) is 0 Å². The van der Waals surface area contributed by atoms with Gasteiger partial charge in [0.05, 0.1) is 11.9 Å². The Morgan fingerprint density at radius 1 is 1.09 bits per heavy atom. The molecule has 2 aromatic carbocycles. The van der Waals surface area contributed by atoms with Crippen LogP contribution >= 0.6 is 11.6 Å². The van der Waals surface area contributed by atoms with Crippen molar-refractivity contribution in [1.82, 2.24) is 0 Å². The van der Waals surface area contributed by atoms with Gasteiger partial charge in [-0.05, 0) is 36.4 Å². The second-order valence-corrected chi connectivity index (χ2v) is 6.84. The van der Waals surface area contributed by atoms with E-state index < -0.39 is 21.9 Å². The van der Waals surface area contributed by atoms with Crippen LogP contribution in [-0.4, -0.2) is 20.7 Å². The van der Waals surface area contributed by atoms with E-state index >= 15 is 0 Å². The van der Waals surface area contributed by atoms with Crippen LogP contribution in [0.2, 0.25) is 5.02 Å².